The third kappa shape index (κ3) is 5.07. The van der Waals surface area contributed by atoms with Gasteiger partial charge in [0.05, 0.1) is 6.61 Å². The van der Waals surface area contributed by atoms with Crippen LogP contribution >= 0.6 is 22.7 Å². The number of carbonyl (C=O) groups excluding carboxylic acids is 1. The predicted octanol–water partition coefficient (Wildman–Crippen LogP) is 6.45. The molecule has 0 radical (unpaired) electrons. The number of benzene rings is 2. The summed E-state index contributed by atoms with van der Waals surface area (Å²) in [5, 5.41) is 2.96. The number of thiophene rings is 1. The molecule has 4 nitrogen and oxygen atoms in total. The number of carbonyl (C=O) groups is 1. The molecule has 0 spiro atoms. The Kier molecular flexibility index (Phi) is 6.65. The maximum Gasteiger partial charge on any atom is 0.205 e. The standard InChI is InChI=1S/C27H24N2O2S2/c30-25(21-11-5-2-6-12-21)26-24(23-14-7-17-31-23)28-27(33-26)29(16-15-22-13-8-18-32-22)19-20-9-3-1-4-10-20/h1-6,8-14,18H,7,15-17,19H2. The van der Waals surface area contributed by atoms with Gasteiger partial charge in [0, 0.05) is 30.0 Å². The van der Waals surface area contributed by atoms with Gasteiger partial charge in [0.15, 0.2) is 5.13 Å². The number of rotatable bonds is 9. The van der Waals surface area contributed by atoms with E-state index in [1.807, 2.05) is 42.5 Å². The fourth-order valence-corrected chi connectivity index (χ4v) is 5.57. The lowest BCUT2D eigenvalue weighted by molar-refractivity contribution is 0.104. The molecule has 33 heavy (non-hydrogen) atoms. The first kappa shape index (κ1) is 21.6. The first-order valence-electron chi connectivity index (χ1n) is 11.0. The highest BCUT2D eigenvalue weighted by Gasteiger charge is 2.26. The molecular formula is C27H24N2O2S2. The first-order valence-corrected chi connectivity index (χ1v) is 12.7. The van der Waals surface area contributed by atoms with Crippen LogP contribution in [0.3, 0.4) is 0 Å². The lowest BCUT2D eigenvalue weighted by Crippen LogP contribution is -2.25. The predicted molar refractivity (Wildman–Crippen MR) is 136 cm³/mol. The van der Waals surface area contributed by atoms with Crippen LogP contribution in [0.2, 0.25) is 0 Å². The molecule has 2 aromatic heterocycles. The fourth-order valence-electron chi connectivity index (χ4n) is 3.81. The van der Waals surface area contributed by atoms with Crippen molar-refractivity contribution in [3.63, 3.8) is 0 Å². The molecule has 1 aliphatic heterocycles. The Labute approximate surface area is 201 Å². The Bertz CT molecular complexity index is 1230. The molecule has 166 valence electrons. The van der Waals surface area contributed by atoms with Crippen molar-refractivity contribution in [3.05, 3.63) is 111 Å². The van der Waals surface area contributed by atoms with E-state index in [2.05, 4.69) is 46.7 Å². The van der Waals surface area contributed by atoms with Gasteiger partial charge in [0.25, 0.3) is 0 Å². The lowest BCUT2D eigenvalue weighted by atomic mass is 10.1. The summed E-state index contributed by atoms with van der Waals surface area (Å²) in [4.78, 5) is 22.7. The number of ether oxygens (including phenoxy) is 1. The lowest BCUT2D eigenvalue weighted by Gasteiger charge is -2.21. The minimum atomic E-state index is -0.0105. The van der Waals surface area contributed by atoms with E-state index >= 15 is 0 Å². The van der Waals surface area contributed by atoms with Crippen LogP contribution < -0.4 is 4.90 Å². The van der Waals surface area contributed by atoms with Crippen molar-refractivity contribution >= 4 is 39.3 Å². The fraction of sp³-hybridized carbons (Fsp3) is 0.185. The summed E-state index contributed by atoms with van der Waals surface area (Å²) >= 11 is 3.23. The van der Waals surface area contributed by atoms with Crippen molar-refractivity contribution in [2.24, 2.45) is 0 Å². The van der Waals surface area contributed by atoms with E-state index < -0.39 is 0 Å². The van der Waals surface area contributed by atoms with Crippen molar-refractivity contribution in [1.82, 2.24) is 4.98 Å². The highest BCUT2D eigenvalue weighted by molar-refractivity contribution is 7.18. The summed E-state index contributed by atoms with van der Waals surface area (Å²) in [7, 11) is 0. The summed E-state index contributed by atoms with van der Waals surface area (Å²) < 4.78 is 5.83. The number of anilines is 1. The molecule has 2 aromatic carbocycles. The summed E-state index contributed by atoms with van der Waals surface area (Å²) in [6.07, 6.45) is 3.81. The zero-order chi connectivity index (χ0) is 22.5. The SMILES string of the molecule is O=C(c1ccccc1)c1sc(N(CCc2cccs2)Cc2ccccc2)nc1C1=CCCO1. The molecule has 3 heterocycles. The normalized spacial score (nSPS) is 12.9. The number of ketones is 1. The Hall–Kier alpha value is -3.22. The molecule has 6 heteroatoms. The topological polar surface area (TPSA) is 42.4 Å². The Morgan fingerprint density at radius 2 is 1.79 bits per heavy atom. The molecule has 0 atom stereocenters. The van der Waals surface area contributed by atoms with E-state index in [9.17, 15) is 4.79 Å². The number of aromatic nitrogens is 1. The molecule has 0 saturated carbocycles. The average Bonchev–Trinajstić information content (AvgIpc) is 3.64. The minimum Gasteiger partial charge on any atom is -0.491 e. The van der Waals surface area contributed by atoms with Crippen LogP contribution in [-0.4, -0.2) is 23.9 Å². The molecular weight excluding hydrogens is 448 g/mol. The smallest absolute Gasteiger partial charge is 0.205 e. The molecule has 0 aliphatic carbocycles. The van der Waals surface area contributed by atoms with Crippen LogP contribution in [0.25, 0.3) is 5.76 Å². The second kappa shape index (κ2) is 10.1. The summed E-state index contributed by atoms with van der Waals surface area (Å²) in [5.41, 5.74) is 2.55. The monoisotopic (exact) mass is 472 g/mol. The van der Waals surface area contributed by atoms with Gasteiger partial charge in [-0.05, 0) is 29.5 Å². The van der Waals surface area contributed by atoms with Gasteiger partial charge in [-0.3, -0.25) is 4.79 Å². The largest absolute Gasteiger partial charge is 0.491 e. The van der Waals surface area contributed by atoms with Gasteiger partial charge in [-0.25, -0.2) is 4.98 Å². The van der Waals surface area contributed by atoms with Crippen LogP contribution in [0, 0.1) is 0 Å². The number of hydrogen-bond donors (Lipinski definition) is 0. The Morgan fingerprint density at radius 1 is 1.00 bits per heavy atom. The highest BCUT2D eigenvalue weighted by atomic mass is 32.1. The molecule has 0 N–H and O–H groups in total. The molecule has 0 unspecified atom stereocenters. The van der Waals surface area contributed by atoms with Gasteiger partial charge in [-0.1, -0.05) is 78.1 Å². The minimum absolute atomic E-state index is 0.0105. The molecule has 4 aromatic rings. The maximum absolute atomic E-state index is 13.4. The van der Waals surface area contributed by atoms with Crippen molar-refractivity contribution < 1.29 is 9.53 Å². The van der Waals surface area contributed by atoms with E-state index in [0.717, 1.165) is 36.8 Å². The number of hydrogen-bond acceptors (Lipinski definition) is 6. The van der Waals surface area contributed by atoms with Gasteiger partial charge >= 0.3 is 0 Å². The Balaban J connectivity index is 1.51. The van der Waals surface area contributed by atoms with Gasteiger partial charge < -0.3 is 9.64 Å². The quantitative estimate of drug-likeness (QED) is 0.263. The van der Waals surface area contributed by atoms with E-state index in [4.69, 9.17) is 9.72 Å². The van der Waals surface area contributed by atoms with Crippen molar-refractivity contribution in [2.75, 3.05) is 18.1 Å². The van der Waals surface area contributed by atoms with Gasteiger partial charge in [-0.15, -0.1) is 11.3 Å². The summed E-state index contributed by atoms with van der Waals surface area (Å²) in [5.74, 6) is 0.707. The van der Waals surface area contributed by atoms with Crippen molar-refractivity contribution in [1.29, 1.82) is 0 Å². The first-order chi connectivity index (χ1) is 16.3. The van der Waals surface area contributed by atoms with Crippen LogP contribution in [0.1, 0.15) is 37.8 Å². The van der Waals surface area contributed by atoms with Crippen molar-refractivity contribution in [3.8, 4) is 0 Å². The maximum atomic E-state index is 13.4. The molecule has 0 amide bonds. The van der Waals surface area contributed by atoms with E-state index in [-0.39, 0.29) is 5.78 Å². The molecule has 0 fully saturated rings. The van der Waals surface area contributed by atoms with Crippen LogP contribution in [0.5, 0.6) is 0 Å². The van der Waals surface area contributed by atoms with Crippen LogP contribution in [-0.2, 0) is 17.7 Å². The number of thiazole rings is 1. The molecule has 5 rings (SSSR count). The zero-order valence-corrected chi connectivity index (χ0v) is 19.8. The molecule has 0 saturated heterocycles. The molecule has 0 bridgehead atoms. The zero-order valence-electron chi connectivity index (χ0n) is 18.1. The second-order valence-corrected chi connectivity index (χ2v) is 9.82. The van der Waals surface area contributed by atoms with E-state index in [1.54, 1.807) is 11.3 Å². The van der Waals surface area contributed by atoms with Crippen LogP contribution in [0.4, 0.5) is 5.13 Å². The van der Waals surface area contributed by atoms with Crippen LogP contribution in [0.15, 0.2) is 84.3 Å². The third-order valence-corrected chi connectivity index (χ3v) is 7.54. The summed E-state index contributed by atoms with van der Waals surface area (Å²) in [6, 6.07) is 24.1. The third-order valence-electron chi connectivity index (χ3n) is 5.49. The molecule has 1 aliphatic rings. The Morgan fingerprint density at radius 3 is 2.48 bits per heavy atom. The number of nitrogens with zero attached hydrogens (tertiary/aromatic N) is 2. The van der Waals surface area contributed by atoms with Gasteiger partial charge in [-0.2, -0.15) is 0 Å². The second-order valence-electron chi connectivity index (χ2n) is 7.81. The average molecular weight is 473 g/mol. The van der Waals surface area contributed by atoms with Gasteiger partial charge in [0.2, 0.25) is 5.78 Å². The summed E-state index contributed by atoms with van der Waals surface area (Å²) in [6.45, 7) is 2.19. The highest BCUT2D eigenvalue weighted by Crippen LogP contribution is 2.35. The van der Waals surface area contributed by atoms with E-state index in [0.29, 0.717) is 22.7 Å². The van der Waals surface area contributed by atoms with E-state index in [1.165, 1.54) is 21.8 Å². The van der Waals surface area contributed by atoms with Gasteiger partial charge in [0.1, 0.15) is 16.3 Å². The van der Waals surface area contributed by atoms with Crippen molar-refractivity contribution in [2.45, 2.75) is 19.4 Å².